The highest BCUT2D eigenvalue weighted by atomic mass is 16.6. The van der Waals surface area contributed by atoms with Gasteiger partial charge in [-0.1, -0.05) is 12.1 Å². The molecule has 1 atom stereocenters. The first kappa shape index (κ1) is 14.2. The number of carbonyl (C=O) groups excluding carboxylic acids is 2. The van der Waals surface area contributed by atoms with Crippen molar-refractivity contribution in [1.82, 2.24) is 0 Å². The van der Waals surface area contributed by atoms with E-state index in [0.717, 1.165) is 12.0 Å². The van der Waals surface area contributed by atoms with E-state index < -0.39 is 12.1 Å². The molecular formula is C14H18O4. The van der Waals surface area contributed by atoms with E-state index in [2.05, 4.69) is 4.74 Å². The molecule has 0 fully saturated rings. The zero-order chi connectivity index (χ0) is 13.5. The lowest BCUT2D eigenvalue weighted by Crippen LogP contribution is -2.24. The van der Waals surface area contributed by atoms with Crippen molar-refractivity contribution in [2.45, 2.75) is 32.8 Å². The van der Waals surface area contributed by atoms with Crippen molar-refractivity contribution >= 4 is 11.8 Å². The third-order valence-corrected chi connectivity index (χ3v) is 2.54. The molecule has 18 heavy (non-hydrogen) atoms. The zero-order valence-corrected chi connectivity index (χ0v) is 10.9. The summed E-state index contributed by atoms with van der Waals surface area (Å²) in [6.45, 7) is 3.21. The molecular weight excluding hydrogens is 232 g/mol. The predicted octanol–water partition coefficient (Wildman–Crippen LogP) is 2.15. The van der Waals surface area contributed by atoms with Crippen molar-refractivity contribution in [3.63, 3.8) is 0 Å². The first-order chi connectivity index (χ1) is 8.52. The van der Waals surface area contributed by atoms with Gasteiger partial charge in [0.1, 0.15) is 11.5 Å². The molecule has 1 unspecified atom stereocenters. The fourth-order valence-electron chi connectivity index (χ4n) is 1.47. The van der Waals surface area contributed by atoms with Crippen LogP contribution in [0.2, 0.25) is 0 Å². The van der Waals surface area contributed by atoms with Crippen LogP contribution in [-0.4, -0.2) is 25.0 Å². The fraction of sp³-hybridized carbons (Fsp3) is 0.429. The van der Waals surface area contributed by atoms with E-state index >= 15 is 0 Å². The molecule has 0 amide bonds. The summed E-state index contributed by atoms with van der Waals surface area (Å²) in [5.74, 6) is 0.379. The Morgan fingerprint density at radius 1 is 1.22 bits per heavy atom. The lowest BCUT2D eigenvalue weighted by molar-refractivity contribution is -0.147. The molecule has 0 saturated carbocycles. The third-order valence-electron chi connectivity index (χ3n) is 2.54. The summed E-state index contributed by atoms with van der Waals surface area (Å²) in [5.41, 5.74) is 1.07. The predicted molar refractivity (Wildman–Crippen MR) is 67.6 cm³/mol. The average molecular weight is 250 g/mol. The van der Waals surface area contributed by atoms with Crippen LogP contribution < -0.4 is 4.74 Å². The van der Waals surface area contributed by atoms with Gasteiger partial charge in [-0.2, -0.15) is 0 Å². The monoisotopic (exact) mass is 250 g/mol. The minimum Gasteiger partial charge on any atom is -0.479 e. The van der Waals surface area contributed by atoms with Gasteiger partial charge in [0.15, 0.2) is 6.10 Å². The molecule has 4 heteroatoms. The minimum absolute atomic E-state index is 0.176. The van der Waals surface area contributed by atoms with E-state index in [-0.39, 0.29) is 5.78 Å². The molecule has 0 N–H and O–H groups in total. The van der Waals surface area contributed by atoms with Crippen molar-refractivity contribution in [3.05, 3.63) is 29.8 Å². The average Bonchev–Trinajstić information content (AvgIpc) is 2.36. The van der Waals surface area contributed by atoms with Gasteiger partial charge in [-0.05, 0) is 38.0 Å². The van der Waals surface area contributed by atoms with Crippen LogP contribution in [-0.2, 0) is 20.7 Å². The number of ketones is 1. The molecule has 0 radical (unpaired) electrons. The SMILES string of the molecule is COC(=O)C(C)Oc1ccc(CCC(C)=O)cc1. The molecule has 1 aromatic rings. The Bertz CT molecular complexity index is 408. The maximum atomic E-state index is 11.2. The Balaban J connectivity index is 2.54. The number of ether oxygens (including phenoxy) is 2. The standard InChI is InChI=1S/C14H18O4/c1-10(15)4-5-12-6-8-13(9-7-12)18-11(2)14(16)17-3/h6-9,11H,4-5H2,1-3H3. The van der Waals surface area contributed by atoms with Crippen LogP contribution in [0, 0.1) is 0 Å². The quantitative estimate of drug-likeness (QED) is 0.726. The van der Waals surface area contributed by atoms with Gasteiger partial charge in [0.2, 0.25) is 0 Å². The smallest absolute Gasteiger partial charge is 0.346 e. The van der Waals surface area contributed by atoms with Gasteiger partial charge in [0.05, 0.1) is 7.11 Å². The zero-order valence-electron chi connectivity index (χ0n) is 10.9. The summed E-state index contributed by atoms with van der Waals surface area (Å²) < 4.78 is 9.98. The van der Waals surface area contributed by atoms with Crippen molar-refractivity contribution in [2.24, 2.45) is 0 Å². The maximum Gasteiger partial charge on any atom is 0.346 e. The first-order valence-electron chi connectivity index (χ1n) is 5.85. The number of Topliss-reactive ketones (excluding diaryl/α,β-unsaturated/α-hetero) is 1. The number of hydrogen-bond donors (Lipinski definition) is 0. The van der Waals surface area contributed by atoms with Gasteiger partial charge in [-0.3, -0.25) is 0 Å². The van der Waals surface area contributed by atoms with Gasteiger partial charge < -0.3 is 14.3 Å². The molecule has 1 rings (SSSR count). The highest BCUT2D eigenvalue weighted by Gasteiger charge is 2.14. The number of methoxy groups -OCH3 is 1. The second-order valence-electron chi connectivity index (χ2n) is 4.13. The molecule has 0 spiro atoms. The lowest BCUT2D eigenvalue weighted by Gasteiger charge is -2.12. The Hall–Kier alpha value is -1.84. The topological polar surface area (TPSA) is 52.6 Å². The van der Waals surface area contributed by atoms with Crippen LogP contribution in [0.25, 0.3) is 0 Å². The highest BCUT2D eigenvalue weighted by Crippen LogP contribution is 2.15. The number of esters is 1. The van der Waals surface area contributed by atoms with Crippen LogP contribution in [0.3, 0.4) is 0 Å². The molecule has 0 heterocycles. The number of hydrogen-bond acceptors (Lipinski definition) is 4. The molecule has 0 bridgehead atoms. The molecule has 0 aliphatic carbocycles. The third kappa shape index (κ3) is 4.57. The van der Waals surface area contributed by atoms with E-state index in [9.17, 15) is 9.59 Å². The van der Waals surface area contributed by atoms with Crippen molar-refractivity contribution < 1.29 is 19.1 Å². The van der Waals surface area contributed by atoms with Gasteiger partial charge in [-0.15, -0.1) is 0 Å². The van der Waals surface area contributed by atoms with Crippen LogP contribution in [0.5, 0.6) is 5.75 Å². The summed E-state index contributed by atoms with van der Waals surface area (Å²) in [7, 11) is 1.33. The molecule has 0 aliphatic rings. The van der Waals surface area contributed by atoms with Gasteiger partial charge in [0, 0.05) is 6.42 Å². The molecule has 0 aromatic heterocycles. The normalized spacial score (nSPS) is 11.7. The largest absolute Gasteiger partial charge is 0.479 e. The van der Waals surface area contributed by atoms with Crippen LogP contribution in [0.1, 0.15) is 25.8 Å². The van der Waals surface area contributed by atoms with Gasteiger partial charge in [-0.25, -0.2) is 4.79 Å². The Labute approximate surface area is 107 Å². The minimum atomic E-state index is -0.627. The fourth-order valence-corrected chi connectivity index (χ4v) is 1.47. The Morgan fingerprint density at radius 3 is 2.33 bits per heavy atom. The van der Waals surface area contributed by atoms with E-state index in [4.69, 9.17) is 4.74 Å². The number of rotatable bonds is 6. The summed E-state index contributed by atoms with van der Waals surface area (Å²) in [6.07, 6.45) is 0.638. The second-order valence-corrected chi connectivity index (χ2v) is 4.13. The molecule has 1 aromatic carbocycles. The summed E-state index contributed by atoms with van der Waals surface area (Å²) in [4.78, 5) is 22.0. The van der Waals surface area contributed by atoms with E-state index in [1.54, 1.807) is 26.0 Å². The number of aryl methyl sites for hydroxylation is 1. The maximum absolute atomic E-state index is 11.2. The number of benzene rings is 1. The molecule has 4 nitrogen and oxygen atoms in total. The van der Waals surface area contributed by atoms with E-state index in [1.165, 1.54) is 7.11 Å². The highest BCUT2D eigenvalue weighted by molar-refractivity contribution is 5.75. The van der Waals surface area contributed by atoms with Gasteiger partial charge in [0.25, 0.3) is 0 Å². The molecule has 0 saturated heterocycles. The van der Waals surface area contributed by atoms with E-state index in [1.807, 2.05) is 12.1 Å². The first-order valence-corrected chi connectivity index (χ1v) is 5.85. The summed E-state index contributed by atoms with van der Waals surface area (Å²) in [6, 6.07) is 7.36. The van der Waals surface area contributed by atoms with Gasteiger partial charge >= 0.3 is 5.97 Å². The molecule has 0 aliphatic heterocycles. The van der Waals surface area contributed by atoms with Crippen LogP contribution in [0.4, 0.5) is 0 Å². The van der Waals surface area contributed by atoms with Crippen LogP contribution in [0.15, 0.2) is 24.3 Å². The summed E-state index contributed by atoms with van der Waals surface area (Å²) in [5, 5.41) is 0. The van der Waals surface area contributed by atoms with Crippen molar-refractivity contribution in [2.75, 3.05) is 7.11 Å². The Morgan fingerprint density at radius 2 is 1.83 bits per heavy atom. The van der Waals surface area contributed by atoms with E-state index in [0.29, 0.717) is 12.2 Å². The van der Waals surface area contributed by atoms with Crippen LogP contribution >= 0.6 is 0 Å². The van der Waals surface area contributed by atoms with Crippen molar-refractivity contribution in [3.8, 4) is 5.75 Å². The molecule has 98 valence electrons. The number of carbonyl (C=O) groups is 2. The lowest BCUT2D eigenvalue weighted by atomic mass is 10.1. The summed E-state index contributed by atoms with van der Waals surface area (Å²) >= 11 is 0. The second kappa shape index (κ2) is 6.79. The Kier molecular flexibility index (Phi) is 5.36. The van der Waals surface area contributed by atoms with Crippen molar-refractivity contribution in [1.29, 1.82) is 0 Å².